The Hall–Kier alpha value is -1.69. The van der Waals surface area contributed by atoms with Gasteiger partial charge in [-0.2, -0.15) is 0 Å². The van der Waals surface area contributed by atoms with Crippen molar-refractivity contribution in [1.29, 1.82) is 0 Å². The fourth-order valence-electron chi connectivity index (χ4n) is 2.21. The molecule has 20 heavy (non-hydrogen) atoms. The van der Waals surface area contributed by atoms with Crippen LogP contribution in [0.25, 0.3) is 11.0 Å². The van der Waals surface area contributed by atoms with Crippen LogP contribution < -0.4 is 0 Å². The summed E-state index contributed by atoms with van der Waals surface area (Å²) in [6.45, 7) is 3.56. The van der Waals surface area contributed by atoms with Gasteiger partial charge in [-0.1, -0.05) is 13.8 Å². The number of Topliss-reactive ketones (excluding diaryl/α,β-unsaturated/α-hetero) is 1. The second-order valence-electron chi connectivity index (χ2n) is 5.59. The van der Waals surface area contributed by atoms with Crippen LogP contribution in [-0.2, 0) is 4.79 Å². The molecule has 106 valence electrons. The zero-order chi connectivity index (χ0) is 14.9. The number of aromatic amines is 1. The maximum Gasteiger partial charge on any atom is 0.303 e. The first kappa shape index (κ1) is 14.7. The Morgan fingerprint density at radius 3 is 2.75 bits per heavy atom. The van der Waals surface area contributed by atoms with Crippen molar-refractivity contribution in [3.63, 3.8) is 0 Å². The summed E-state index contributed by atoms with van der Waals surface area (Å²) in [6.07, 6.45) is 3.42. The van der Waals surface area contributed by atoms with E-state index in [9.17, 15) is 9.59 Å². The number of carboxylic acid groups (broad SMARTS) is 1. The van der Waals surface area contributed by atoms with Crippen LogP contribution in [-0.4, -0.2) is 26.8 Å². The predicted octanol–water partition coefficient (Wildman–Crippen LogP) is 3.40. The summed E-state index contributed by atoms with van der Waals surface area (Å²) in [6, 6.07) is 1.83. The van der Waals surface area contributed by atoms with E-state index >= 15 is 0 Å². The Morgan fingerprint density at radius 1 is 1.40 bits per heavy atom. The topological polar surface area (TPSA) is 83.0 Å². The van der Waals surface area contributed by atoms with Crippen LogP contribution in [0.4, 0.5) is 0 Å². The summed E-state index contributed by atoms with van der Waals surface area (Å²) in [4.78, 5) is 30.3. The van der Waals surface area contributed by atoms with E-state index in [0.29, 0.717) is 11.2 Å². The number of H-pyrrole nitrogens is 1. The minimum Gasteiger partial charge on any atom is -0.481 e. The van der Waals surface area contributed by atoms with Gasteiger partial charge in [0.25, 0.3) is 0 Å². The number of carbonyl (C=O) groups excluding carboxylic acids is 1. The van der Waals surface area contributed by atoms with Gasteiger partial charge in [-0.05, 0) is 27.4 Å². The Bertz CT molecular complexity index is 676. The zero-order valence-corrected chi connectivity index (χ0v) is 12.8. The summed E-state index contributed by atoms with van der Waals surface area (Å²) < 4.78 is 0.795. The third-order valence-corrected chi connectivity index (χ3v) is 3.50. The molecule has 2 rings (SSSR count). The van der Waals surface area contributed by atoms with Gasteiger partial charge < -0.3 is 10.1 Å². The highest BCUT2D eigenvalue weighted by Crippen LogP contribution is 2.29. The van der Waals surface area contributed by atoms with Crippen molar-refractivity contribution >= 4 is 38.7 Å². The molecule has 0 saturated heterocycles. The molecule has 0 amide bonds. The average Bonchev–Trinajstić information content (AvgIpc) is 2.68. The van der Waals surface area contributed by atoms with Gasteiger partial charge in [0.1, 0.15) is 5.65 Å². The Balaban J connectivity index is 2.28. The van der Waals surface area contributed by atoms with Crippen molar-refractivity contribution in [2.45, 2.75) is 26.7 Å². The number of ketones is 1. The maximum atomic E-state index is 12.4. The number of fused-ring (bicyclic) bond motifs is 1. The predicted molar refractivity (Wildman–Crippen MR) is 78.8 cm³/mol. The van der Waals surface area contributed by atoms with Gasteiger partial charge in [0, 0.05) is 34.2 Å². The molecule has 2 N–H and O–H groups in total. The van der Waals surface area contributed by atoms with Crippen molar-refractivity contribution in [2.75, 3.05) is 0 Å². The molecule has 5 nitrogen and oxygen atoms in total. The summed E-state index contributed by atoms with van der Waals surface area (Å²) in [7, 11) is 0. The van der Waals surface area contributed by atoms with Crippen LogP contribution in [0.5, 0.6) is 0 Å². The largest absolute Gasteiger partial charge is 0.481 e. The van der Waals surface area contributed by atoms with Crippen molar-refractivity contribution in [3.8, 4) is 0 Å². The number of halogens is 1. The first-order valence-electron chi connectivity index (χ1n) is 6.16. The second kappa shape index (κ2) is 5.36. The van der Waals surface area contributed by atoms with Crippen molar-refractivity contribution < 1.29 is 14.7 Å². The first-order valence-corrected chi connectivity index (χ1v) is 6.95. The Kier molecular flexibility index (Phi) is 3.94. The lowest BCUT2D eigenvalue weighted by Crippen LogP contribution is -2.21. The highest BCUT2D eigenvalue weighted by molar-refractivity contribution is 9.10. The molecule has 0 aliphatic carbocycles. The number of aliphatic carboxylic acids is 1. The number of pyridine rings is 1. The number of carbonyl (C=O) groups is 2. The number of carboxylic acids is 1. The van der Waals surface area contributed by atoms with Crippen LogP contribution in [0.15, 0.2) is 22.9 Å². The SMILES string of the molecule is CC(C)(CC(=O)O)CC(=O)c1c[nH]c2ncc(Br)cc12. The van der Waals surface area contributed by atoms with E-state index in [0.717, 1.165) is 9.86 Å². The minimum atomic E-state index is -0.897. The van der Waals surface area contributed by atoms with Crippen molar-refractivity contribution in [1.82, 2.24) is 9.97 Å². The van der Waals surface area contributed by atoms with E-state index in [2.05, 4.69) is 25.9 Å². The van der Waals surface area contributed by atoms with Gasteiger partial charge in [0.2, 0.25) is 0 Å². The summed E-state index contributed by atoms with van der Waals surface area (Å²) >= 11 is 3.33. The molecule has 0 bridgehead atoms. The number of hydrogen-bond donors (Lipinski definition) is 2. The van der Waals surface area contributed by atoms with E-state index in [1.165, 1.54) is 0 Å². The van der Waals surface area contributed by atoms with Crippen LogP contribution in [0.3, 0.4) is 0 Å². The molecule has 0 unspecified atom stereocenters. The van der Waals surface area contributed by atoms with E-state index in [1.54, 1.807) is 26.2 Å². The minimum absolute atomic E-state index is 0.0387. The molecule has 0 aliphatic rings. The normalized spacial score (nSPS) is 11.8. The number of hydrogen-bond acceptors (Lipinski definition) is 3. The molecule has 0 aromatic carbocycles. The van der Waals surface area contributed by atoms with E-state index in [1.807, 2.05) is 6.07 Å². The second-order valence-corrected chi connectivity index (χ2v) is 6.50. The monoisotopic (exact) mass is 338 g/mol. The maximum absolute atomic E-state index is 12.4. The molecule has 2 heterocycles. The number of rotatable bonds is 5. The molecular weight excluding hydrogens is 324 g/mol. The zero-order valence-electron chi connectivity index (χ0n) is 11.2. The van der Waals surface area contributed by atoms with E-state index in [4.69, 9.17) is 5.11 Å². The fraction of sp³-hybridized carbons (Fsp3) is 0.357. The smallest absolute Gasteiger partial charge is 0.303 e. The molecule has 0 radical (unpaired) electrons. The van der Waals surface area contributed by atoms with Crippen LogP contribution in [0.2, 0.25) is 0 Å². The Morgan fingerprint density at radius 2 is 2.10 bits per heavy atom. The lowest BCUT2D eigenvalue weighted by Gasteiger charge is -2.20. The molecule has 2 aromatic heterocycles. The Labute approximate surface area is 124 Å². The van der Waals surface area contributed by atoms with Gasteiger partial charge in [-0.3, -0.25) is 9.59 Å². The van der Waals surface area contributed by atoms with Crippen LogP contribution in [0, 0.1) is 5.41 Å². The van der Waals surface area contributed by atoms with Crippen molar-refractivity contribution in [2.24, 2.45) is 5.41 Å². The van der Waals surface area contributed by atoms with Crippen LogP contribution in [0.1, 0.15) is 37.0 Å². The number of nitrogens with one attached hydrogen (secondary N) is 1. The molecule has 2 aromatic rings. The average molecular weight is 339 g/mol. The molecule has 6 heteroatoms. The fourth-order valence-corrected chi connectivity index (χ4v) is 2.54. The van der Waals surface area contributed by atoms with Gasteiger partial charge >= 0.3 is 5.97 Å². The van der Waals surface area contributed by atoms with Gasteiger partial charge in [-0.15, -0.1) is 0 Å². The number of nitrogens with zero attached hydrogens (tertiary/aromatic N) is 1. The van der Waals surface area contributed by atoms with Crippen LogP contribution >= 0.6 is 15.9 Å². The third-order valence-electron chi connectivity index (χ3n) is 3.07. The molecule has 0 aliphatic heterocycles. The van der Waals surface area contributed by atoms with Gasteiger partial charge in [-0.25, -0.2) is 4.98 Å². The van der Waals surface area contributed by atoms with Gasteiger partial charge in [0.15, 0.2) is 5.78 Å². The first-order chi connectivity index (χ1) is 9.28. The standard InChI is InChI=1S/C14H15BrN2O3/c1-14(2,5-12(19)20)4-11(18)10-7-17-13-9(10)3-8(15)6-16-13/h3,6-7H,4-5H2,1-2H3,(H,16,17)(H,19,20). The highest BCUT2D eigenvalue weighted by Gasteiger charge is 2.27. The molecule has 0 fully saturated rings. The quantitative estimate of drug-likeness (QED) is 0.818. The third kappa shape index (κ3) is 3.25. The van der Waals surface area contributed by atoms with E-state index in [-0.39, 0.29) is 18.6 Å². The van der Waals surface area contributed by atoms with E-state index < -0.39 is 11.4 Å². The summed E-state index contributed by atoms with van der Waals surface area (Å²) in [5.41, 5.74) is 0.617. The van der Waals surface area contributed by atoms with Crippen molar-refractivity contribution in [3.05, 3.63) is 28.5 Å². The highest BCUT2D eigenvalue weighted by atomic mass is 79.9. The molecule has 0 saturated carbocycles. The number of aromatic nitrogens is 2. The summed E-state index contributed by atoms with van der Waals surface area (Å²) in [5.74, 6) is -0.978. The molecule has 0 spiro atoms. The lowest BCUT2D eigenvalue weighted by atomic mass is 9.82. The summed E-state index contributed by atoms with van der Waals surface area (Å²) in [5, 5.41) is 9.61. The van der Waals surface area contributed by atoms with Gasteiger partial charge in [0.05, 0.1) is 6.42 Å². The molecule has 0 atom stereocenters. The lowest BCUT2D eigenvalue weighted by molar-refractivity contribution is -0.139. The molecular formula is C14H15BrN2O3.